The molecule has 0 saturated heterocycles. The van der Waals surface area contributed by atoms with E-state index in [1.807, 2.05) is 48.0 Å². The fourth-order valence-corrected chi connectivity index (χ4v) is 1.79. The first kappa shape index (κ1) is 11.7. The van der Waals surface area contributed by atoms with Gasteiger partial charge in [0.2, 0.25) is 5.95 Å². The highest BCUT2D eigenvalue weighted by molar-refractivity contribution is 6.33. The summed E-state index contributed by atoms with van der Waals surface area (Å²) in [7, 11) is 0. The summed E-state index contributed by atoms with van der Waals surface area (Å²) in [6.07, 6.45) is 3.81. The molecule has 1 N–H and O–H groups in total. The number of aryl methyl sites for hydroxylation is 1. The largest absolute Gasteiger partial charge is 0.324 e. The fourth-order valence-electron chi connectivity index (χ4n) is 1.61. The minimum atomic E-state index is 0.679. The Labute approximate surface area is 106 Å². The SMILES string of the molecule is C=CCn1cc(C)nc1Nc1ccccc1Cl. The van der Waals surface area contributed by atoms with Gasteiger partial charge in [0.25, 0.3) is 0 Å². The van der Waals surface area contributed by atoms with Crippen LogP contribution in [-0.2, 0) is 6.54 Å². The molecule has 2 rings (SSSR count). The zero-order chi connectivity index (χ0) is 12.3. The molecule has 0 atom stereocenters. The van der Waals surface area contributed by atoms with E-state index in [0.29, 0.717) is 11.6 Å². The van der Waals surface area contributed by atoms with E-state index in [-0.39, 0.29) is 0 Å². The fraction of sp³-hybridized carbons (Fsp3) is 0.154. The monoisotopic (exact) mass is 247 g/mol. The number of hydrogen-bond acceptors (Lipinski definition) is 2. The lowest BCUT2D eigenvalue weighted by molar-refractivity contribution is 0.832. The molecular formula is C13H14ClN3. The number of hydrogen-bond donors (Lipinski definition) is 1. The second-order valence-corrected chi connectivity index (χ2v) is 4.16. The van der Waals surface area contributed by atoms with Crippen molar-refractivity contribution in [2.24, 2.45) is 0 Å². The number of nitrogens with zero attached hydrogens (tertiary/aromatic N) is 2. The second kappa shape index (κ2) is 5.06. The van der Waals surface area contributed by atoms with Crippen LogP contribution < -0.4 is 5.32 Å². The number of imidazole rings is 1. The van der Waals surface area contributed by atoms with Gasteiger partial charge >= 0.3 is 0 Å². The number of benzene rings is 1. The van der Waals surface area contributed by atoms with E-state index in [9.17, 15) is 0 Å². The Bertz CT molecular complexity index is 531. The van der Waals surface area contributed by atoms with Gasteiger partial charge in [-0.2, -0.15) is 0 Å². The van der Waals surface area contributed by atoms with Gasteiger partial charge in [-0.3, -0.25) is 0 Å². The van der Waals surface area contributed by atoms with Crippen LogP contribution >= 0.6 is 11.6 Å². The third-order valence-electron chi connectivity index (χ3n) is 2.34. The molecule has 0 aliphatic carbocycles. The highest BCUT2D eigenvalue weighted by Gasteiger charge is 2.06. The van der Waals surface area contributed by atoms with E-state index in [0.717, 1.165) is 17.3 Å². The zero-order valence-electron chi connectivity index (χ0n) is 9.65. The molecule has 0 saturated carbocycles. The molecule has 17 heavy (non-hydrogen) atoms. The van der Waals surface area contributed by atoms with Crippen LogP contribution in [0.4, 0.5) is 11.6 Å². The molecule has 0 unspecified atom stereocenters. The molecule has 2 aromatic rings. The number of rotatable bonds is 4. The van der Waals surface area contributed by atoms with Crippen molar-refractivity contribution in [3.8, 4) is 0 Å². The number of para-hydroxylation sites is 1. The summed E-state index contributed by atoms with van der Waals surface area (Å²) in [5, 5.41) is 3.90. The van der Waals surface area contributed by atoms with E-state index in [1.54, 1.807) is 0 Å². The average Bonchev–Trinajstić information content (AvgIpc) is 2.63. The van der Waals surface area contributed by atoms with Crippen LogP contribution in [0.3, 0.4) is 0 Å². The first-order valence-electron chi connectivity index (χ1n) is 5.37. The zero-order valence-corrected chi connectivity index (χ0v) is 10.4. The highest BCUT2D eigenvalue weighted by atomic mass is 35.5. The average molecular weight is 248 g/mol. The van der Waals surface area contributed by atoms with Crippen molar-refractivity contribution >= 4 is 23.2 Å². The topological polar surface area (TPSA) is 29.9 Å². The van der Waals surface area contributed by atoms with Crippen molar-refractivity contribution in [3.05, 3.63) is 53.8 Å². The summed E-state index contributed by atoms with van der Waals surface area (Å²) in [5.74, 6) is 0.774. The lowest BCUT2D eigenvalue weighted by Crippen LogP contribution is -2.02. The minimum Gasteiger partial charge on any atom is -0.324 e. The first-order chi connectivity index (χ1) is 8.20. The third-order valence-corrected chi connectivity index (χ3v) is 2.67. The normalized spacial score (nSPS) is 10.2. The van der Waals surface area contributed by atoms with Crippen LogP contribution in [0.5, 0.6) is 0 Å². The quantitative estimate of drug-likeness (QED) is 0.834. The van der Waals surface area contributed by atoms with Gasteiger partial charge in [-0.05, 0) is 19.1 Å². The van der Waals surface area contributed by atoms with E-state index in [4.69, 9.17) is 11.6 Å². The molecule has 0 aliphatic rings. The van der Waals surface area contributed by atoms with Gasteiger partial charge in [-0.15, -0.1) is 6.58 Å². The molecule has 0 amide bonds. The van der Waals surface area contributed by atoms with Crippen molar-refractivity contribution in [1.82, 2.24) is 9.55 Å². The Morgan fingerprint density at radius 3 is 2.94 bits per heavy atom. The summed E-state index contributed by atoms with van der Waals surface area (Å²) in [5.41, 5.74) is 1.81. The Balaban J connectivity index is 2.29. The van der Waals surface area contributed by atoms with Crippen LogP contribution in [-0.4, -0.2) is 9.55 Å². The first-order valence-corrected chi connectivity index (χ1v) is 5.74. The Kier molecular flexibility index (Phi) is 3.49. The molecule has 0 fully saturated rings. The number of nitrogens with one attached hydrogen (secondary N) is 1. The van der Waals surface area contributed by atoms with E-state index < -0.39 is 0 Å². The molecule has 1 aromatic carbocycles. The van der Waals surface area contributed by atoms with Gasteiger partial charge < -0.3 is 9.88 Å². The smallest absolute Gasteiger partial charge is 0.207 e. The number of aromatic nitrogens is 2. The Hall–Kier alpha value is -1.74. The van der Waals surface area contributed by atoms with Crippen molar-refractivity contribution < 1.29 is 0 Å². The predicted molar refractivity (Wildman–Crippen MR) is 71.9 cm³/mol. The Morgan fingerprint density at radius 2 is 2.24 bits per heavy atom. The molecule has 4 heteroatoms. The Morgan fingerprint density at radius 1 is 1.47 bits per heavy atom. The molecule has 0 spiro atoms. The summed E-state index contributed by atoms with van der Waals surface area (Å²) in [6, 6.07) is 7.60. The van der Waals surface area contributed by atoms with Crippen molar-refractivity contribution in [2.75, 3.05) is 5.32 Å². The lowest BCUT2D eigenvalue weighted by Gasteiger charge is -2.08. The third kappa shape index (κ3) is 2.68. The van der Waals surface area contributed by atoms with Crippen LogP contribution in [0.25, 0.3) is 0 Å². The van der Waals surface area contributed by atoms with Crippen LogP contribution in [0, 0.1) is 6.92 Å². The molecule has 0 aliphatic heterocycles. The minimum absolute atomic E-state index is 0.679. The predicted octanol–water partition coefficient (Wildman–Crippen LogP) is 3.77. The molecule has 1 heterocycles. The van der Waals surface area contributed by atoms with Gasteiger partial charge in [0, 0.05) is 12.7 Å². The molecule has 0 bridgehead atoms. The van der Waals surface area contributed by atoms with Crippen LogP contribution in [0.2, 0.25) is 5.02 Å². The van der Waals surface area contributed by atoms with E-state index in [1.165, 1.54) is 0 Å². The van der Waals surface area contributed by atoms with Crippen molar-refractivity contribution in [2.45, 2.75) is 13.5 Å². The maximum atomic E-state index is 6.09. The van der Waals surface area contributed by atoms with Crippen LogP contribution in [0.15, 0.2) is 43.1 Å². The van der Waals surface area contributed by atoms with Gasteiger partial charge in [0.15, 0.2) is 0 Å². The van der Waals surface area contributed by atoms with Gasteiger partial charge in [0.1, 0.15) is 0 Å². The number of anilines is 2. The molecule has 0 radical (unpaired) electrons. The van der Waals surface area contributed by atoms with E-state index >= 15 is 0 Å². The maximum Gasteiger partial charge on any atom is 0.207 e. The van der Waals surface area contributed by atoms with Crippen molar-refractivity contribution in [1.29, 1.82) is 0 Å². The standard InChI is InChI=1S/C13H14ClN3/c1-3-8-17-9-10(2)15-13(17)16-12-7-5-4-6-11(12)14/h3-7,9H,1,8H2,2H3,(H,15,16). The number of allylic oxidation sites excluding steroid dienone is 1. The molecule has 1 aromatic heterocycles. The van der Waals surface area contributed by atoms with Crippen LogP contribution in [0.1, 0.15) is 5.69 Å². The maximum absolute atomic E-state index is 6.09. The number of halogens is 1. The van der Waals surface area contributed by atoms with Gasteiger partial charge in [0.05, 0.1) is 16.4 Å². The van der Waals surface area contributed by atoms with E-state index in [2.05, 4.69) is 16.9 Å². The summed E-state index contributed by atoms with van der Waals surface area (Å²) in [6.45, 7) is 6.40. The lowest BCUT2D eigenvalue weighted by atomic mass is 10.3. The molecule has 3 nitrogen and oxygen atoms in total. The summed E-state index contributed by atoms with van der Waals surface area (Å²) < 4.78 is 1.99. The second-order valence-electron chi connectivity index (χ2n) is 3.75. The molecular weight excluding hydrogens is 234 g/mol. The highest BCUT2D eigenvalue weighted by Crippen LogP contribution is 2.24. The van der Waals surface area contributed by atoms with Crippen molar-refractivity contribution in [3.63, 3.8) is 0 Å². The summed E-state index contributed by atoms with van der Waals surface area (Å²) >= 11 is 6.09. The van der Waals surface area contributed by atoms with Gasteiger partial charge in [-0.25, -0.2) is 4.98 Å². The molecule has 88 valence electrons. The van der Waals surface area contributed by atoms with Gasteiger partial charge in [-0.1, -0.05) is 29.8 Å². The summed E-state index contributed by atoms with van der Waals surface area (Å²) in [4.78, 5) is 4.41.